The third kappa shape index (κ3) is 2.68. The Balaban J connectivity index is 1.82. The number of aromatic nitrogens is 1. The molecule has 4 nitrogen and oxygen atoms in total. The molecule has 1 aromatic heterocycles. The van der Waals surface area contributed by atoms with Crippen molar-refractivity contribution in [2.24, 2.45) is 0 Å². The highest BCUT2D eigenvalue weighted by Gasteiger charge is 2.17. The summed E-state index contributed by atoms with van der Waals surface area (Å²) in [4.78, 5) is 16.8. The zero-order chi connectivity index (χ0) is 11.4. The minimum atomic E-state index is -0.557. The molecule has 1 saturated heterocycles. The highest BCUT2D eigenvalue weighted by molar-refractivity contribution is 5.77. The molecule has 86 valence electrons. The van der Waals surface area contributed by atoms with Crippen molar-refractivity contribution in [1.29, 1.82) is 0 Å². The predicted octanol–water partition coefficient (Wildman–Crippen LogP) is 1.22. The summed E-state index contributed by atoms with van der Waals surface area (Å²) in [5.41, 5.74) is 0. The van der Waals surface area contributed by atoms with E-state index in [4.69, 9.17) is 4.74 Å². The third-order valence-electron chi connectivity index (χ3n) is 2.52. The smallest absolute Gasteiger partial charge is 0.260 e. The van der Waals surface area contributed by atoms with Gasteiger partial charge in [0.1, 0.15) is 5.75 Å². The number of rotatable bonds is 3. The fourth-order valence-electron chi connectivity index (χ4n) is 1.65. The van der Waals surface area contributed by atoms with Crippen molar-refractivity contribution in [3.05, 3.63) is 24.3 Å². The summed E-state index contributed by atoms with van der Waals surface area (Å²) in [6, 6.07) is 2.66. The summed E-state index contributed by atoms with van der Waals surface area (Å²) in [5, 5.41) is 0. The molecule has 0 bridgehead atoms. The Kier molecular flexibility index (Phi) is 3.34. The number of amides is 1. The van der Waals surface area contributed by atoms with Crippen molar-refractivity contribution in [1.82, 2.24) is 9.88 Å². The van der Waals surface area contributed by atoms with Gasteiger partial charge in [-0.2, -0.15) is 4.39 Å². The number of ether oxygens (including phenoxy) is 1. The number of likely N-dealkylation sites (tertiary alicyclic amines) is 1. The summed E-state index contributed by atoms with van der Waals surface area (Å²) in [6.45, 7) is 1.61. The maximum atomic E-state index is 12.5. The van der Waals surface area contributed by atoms with Gasteiger partial charge in [-0.15, -0.1) is 0 Å². The van der Waals surface area contributed by atoms with Crippen molar-refractivity contribution < 1.29 is 13.9 Å². The molecule has 1 amide bonds. The van der Waals surface area contributed by atoms with E-state index in [-0.39, 0.29) is 12.5 Å². The second kappa shape index (κ2) is 4.92. The molecule has 5 heteroatoms. The van der Waals surface area contributed by atoms with E-state index in [9.17, 15) is 9.18 Å². The fraction of sp³-hybridized carbons (Fsp3) is 0.455. The van der Waals surface area contributed by atoms with E-state index in [2.05, 4.69) is 4.98 Å². The van der Waals surface area contributed by atoms with Gasteiger partial charge >= 0.3 is 0 Å². The molecule has 1 fully saturated rings. The van der Waals surface area contributed by atoms with Gasteiger partial charge in [0.2, 0.25) is 5.95 Å². The van der Waals surface area contributed by atoms with Gasteiger partial charge in [-0.05, 0) is 25.0 Å². The lowest BCUT2D eigenvalue weighted by Gasteiger charge is -2.15. The van der Waals surface area contributed by atoms with Crippen LogP contribution < -0.4 is 4.74 Å². The SMILES string of the molecule is O=C(COc1ccc(F)nc1)N1CCCC1. The maximum Gasteiger partial charge on any atom is 0.260 e. The van der Waals surface area contributed by atoms with Crippen LogP contribution in [0.1, 0.15) is 12.8 Å². The van der Waals surface area contributed by atoms with Crippen molar-refractivity contribution in [2.75, 3.05) is 19.7 Å². The van der Waals surface area contributed by atoms with E-state index in [0.717, 1.165) is 25.9 Å². The maximum absolute atomic E-state index is 12.5. The van der Waals surface area contributed by atoms with E-state index in [1.54, 1.807) is 4.90 Å². The van der Waals surface area contributed by atoms with Crippen molar-refractivity contribution >= 4 is 5.91 Å². The summed E-state index contributed by atoms with van der Waals surface area (Å²) in [5.74, 6) is -0.172. The minimum Gasteiger partial charge on any atom is -0.482 e. The number of nitrogens with zero attached hydrogens (tertiary/aromatic N) is 2. The molecule has 0 aliphatic carbocycles. The highest BCUT2D eigenvalue weighted by atomic mass is 19.1. The monoisotopic (exact) mass is 224 g/mol. The molecule has 1 aromatic rings. The molecular formula is C11H13FN2O2. The van der Waals surface area contributed by atoms with E-state index >= 15 is 0 Å². The Labute approximate surface area is 93.0 Å². The average Bonchev–Trinajstić information content (AvgIpc) is 2.81. The molecule has 0 N–H and O–H groups in total. The molecule has 0 aromatic carbocycles. The molecule has 1 aliphatic rings. The van der Waals surface area contributed by atoms with Gasteiger partial charge < -0.3 is 9.64 Å². The topological polar surface area (TPSA) is 42.4 Å². The zero-order valence-corrected chi connectivity index (χ0v) is 8.86. The first-order valence-electron chi connectivity index (χ1n) is 5.28. The van der Waals surface area contributed by atoms with Crippen LogP contribution in [-0.4, -0.2) is 35.5 Å². The van der Waals surface area contributed by atoms with Crippen LogP contribution in [-0.2, 0) is 4.79 Å². The molecule has 0 radical (unpaired) electrons. The summed E-state index contributed by atoms with van der Waals surface area (Å²) in [7, 11) is 0. The Morgan fingerprint density at radius 1 is 1.44 bits per heavy atom. The van der Waals surface area contributed by atoms with Gasteiger partial charge in [0, 0.05) is 13.1 Å². The van der Waals surface area contributed by atoms with Gasteiger partial charge in [0.15, 0.2) is 6.61 Å². The van der Waals surface area contributed by atoms with Crippen LogP contribution in [0.3, 0.4) is 0 Å². The quantitative estimate of drug-likeness (QED) is 0.725. The second-order valence-corrected chi connectivity index (χ2v) is 3.69. The lowest BCUT2D eigenvalue weighted by atomic mass is 10.4. The summed E-state index contributed by atoms with van der Waals surface area (Å²) >= 11 is 0. The van der Waals surface area contributed by atoms with E-state index in [0.29, 0.717) is 5.75 Å². The first-order chi connectivity index (χ1) is 7.75. The standard InChI is InChI=1S/C11H13FN2O2/c12-10-4-3-9(7-13-10)16-8-11(15)14-5-1-2-6-14/h3-4,7H,1-2,5-6,8H2. The van der Waals surface area contributed by atoms with Crippen LogP contribution in [0.4, 0.5) is 4.39 Å². The minimum absolute atomic E-state index is 0.00663. The number of hydrogen-bond acceptors (Lipinski definition) is 3. The third-order valence-corrected chi connectivity index (χ3v) is 2.52. The van der Waals surface area contributed by atoms with E-state index in [1.807, 2.05) is 0 Å². The number of pyridine rings is 1. The highest BCUT2D eigenvalue weighted by Crippen LogP contribution is 2.10. The second-order valence-electron chi connectivity index (χ2n) is 3.69. The van der Waals surface area contributed by atoms with Gasteiger partial charge in [-0.3, -0.25) is 4.79 Å². The molecule has 16 heavy (non-hydrogen) atoms. The molecule has 2 heterocycles. The molecule has 0 spiro atoms. The normalized spacial score (nSPS) is 15.2. The van der Waals surface area contributed by atoms with Gasteiger partial charge in [0.25, 0.3) is 5.91 Å². The molecule has 0 unspecified atom stereocenters. The lowest BCUT2D eigenvalue weighted by molar-refractivity contribution is -0.132. The van der Waals surface area contributed by atoms with E-state index in [1.165, 1.54) is 18.3 Å². The fourth-order valence-corrected chi connectivity index (χ4v) is 1.65. The number of hydrogen-bond donors (Lipinski definition) is 0. The van der Waals surface area contributed by atoms with Gasteiger partial charge in [-0.25, -0.2) is 4.98 Å². The summed E-state index contributed by atoms with van der Waals surface area (Å²) in [6.07, 6.45) is 3.39. The lowest BCUT2D eigenvalue weighted by Crippen LogP contribution is -2.32. The van der Waals surface area contributed by atoms with Crippen LogP contribution in [0.2, 0.25) is 0 Å². The number of carbonyl (C=O) groups is 1. The van der Waals surface area contributed by atoms with Crippen LogP contribution in [0.25, 0.3) is 0 Å². The number of halogens is 1. The van der Waals surface area contributed by atoms with Crippen molar-refractivity contribution in [3.8, 4) is 5.75 Å². The Morgan fingerprint density at radius 3 is 2.81 bits per heavy atom. The summed E-state index contributed by atoms with van der Waals surface area (Å²) < 4.78 is 17.7. The first-order valence-corrected chi connectivity index (χ1v) is 5.28. The first kappa shape index (κ1) is 10.9. The van der Waals surface area contributed by atoms with E-state index < -0.39 is 5.95 Å². The molecular weight excluding hydrogens is 211 g/mol. The Morgan fingerprint density at radius 2 is 2.19 bits per heavy atom. The Hall–Kier alpha value is -1.65. The largest absolute Gasteiger partial charge is 0.482 e. The van der Waals surface area contributed by atoms with Gasteiger partial charge in [0.05, 0.1) is 6.20 Å². The number of carbonyl (C=O) groups excluding carboxylic acids is 1. The van der Waals surface area contributed by atoms with Crippen LogP contribution in [0.5, 0.6) is 5.75 Å². The average molecular weight is 224 g/mol. The molecule has 1 aliphatic heterocycles. The Bertz CT molecular complexity index is 361. The molecule has 0 saturated carbocycles. The van der Waals surface area contributed by atoms with Crippen molar-refractivity contribution in [3.63, 3.8) is 0 Å². The van der Waals surface area contributed by atoms with Crippen molar-refractivity contribution in [2.45, 2.75) is 12.8 Å². The van der Waals surface area contributed by atoms with Crippen LogP contribution in [0.15, 0.2) is 18.3 Å². The van der Waals surface area contributed by atoms with Crippen LogP contribution in [0, 0.1) is 5.95 Å². The van der Waals surface area contributed by atoms with Crippen LogP contribution >= 0.6 is 0 Å². The zero-order valence-electron chi connectivity index (χ0n) is 8.86. The predicted molar refractivity (Wildman–Crippen MR) is 55.5 cm³/mol. The van der Waals surface area contributed by atoms with Gasteiger partial charge in [-0.1, -0.05) is 0 Å². The molecule has 0 atom stereocenters. The molecule has 2 rings (SSSR count).